The highest BCUT2D eigenvalue weighted by molar-refractivity contribution is 6.44. The number of hydrogen-bond donors (Lipinski definition) is 0. The SMILES string of the molecule is CCOC1=C(Cl)C(Cl)C(=O)O1. The van der Waals surface area contributed by atoms with Crippen LogP contribution in [-0.4, -0.2) is 18.0 Å². The second-order valence-corrected chi connectivity index (χ2v) is 2.70. The maximum atomic E-state index is 10.7. The van der Waals surface area contributed by atoms with Gasteiger partial charge >= 0.3 is 11.9 Å². The summed E-state index contributed by atoms with van der Waals surface area (Å²) in [5.74, 6) is -0.556. The van der Waals surface area contributed by atoms with E-state index in [0.29, 0.717) is 6.61 Å². The number of ether oxygens (including phenoxy) is 2. The maximum absolute atomic E-state index is 10.7. The van der Waals surface area contributed by atoms with Crippen LogP contribution in [0.2, 0.25) is 0 Å². The highest BCUT2D eigenvalue weighted by atomic mass is 35.5. The van der Waals surface area contributed by atoms with Crippen molar-refractivity contribution in [1.82, 2.24) is 0 Å². The molecular weight excluding hydrogens is 191 g/mol. The first-order chi connectivity index (χ1) is 5.16. The van der Waals surface area contributed by atoms with E-state index in [2.05, 4.69) is 4.74 Å². The van der Waals surface area contributed by atoms with Crippen LogP contribution in [0.1, 0.15) is 6.92 Å². The van der Waals surface area contributed by atoms with Crippen LogP contribution in [-0.2, 0) is 14.3 Å². The molecule has 11 heavy (non-hydrogen) atoms. The van der Waals surface area contributed by atoms with Gasteiger partial charge in [-0.1, -0.05) is 11.6 Å². The summed E-state index contributed by atoms with van der Waals surface area (Å²) in [5.41, 5.74) is 0. The van der Waals surface area contributed by atoms with Crippen molar-refractivity contribution in [3.63, 3.8) is 0 Å². The van der Waals surface area contributed by atoms with Gasteiger partial charge in [-0.05, 0) is 6.92 Å². The molecule has 1 aliphatic rings. The van der Waals surface area contributed by atoms with Crippen LogP contribution in [0.4, 0.5) is 0 Å². The maximum Gasteiger partial charge on any atom is 0.337 e. The van der Waals surface area contributed by atoms with Crippen molar-refractivity contribution in [2.75, 3.05) is 6.61 Å². The Morgan fingerprint density at radius 1 is 1.73 bits per heavy atom. The average Bonchev–Trinajstić information content (AvgIpc) is 2.19. The predicted octanol–water partition coefficient (Wildman–Crippen LogP) is 1.59. The third kappa shape index (κ3) is 1.60. The smallest absolute Gasteiger partial charge is 0.337 e. The number of halogens is 2. The summed E-state index contributed by atoms with van der Waals surface area (Å²) in [4.78, 5) is 10.7. The minimum Gasteiger partial charge on any atom is -0.464 e. The van der Waals surface area contributed by atoms with Gasteiger partial charge in [0.1, 0.15) is 5.03 Å². The third-order valence-corrected chi connectivity index (χ3v) is 1.97. The fraction of sp³-hybridized carbons (Fsp3) is 0.500. The van der Waals surface area contributed by atoms with E-state index in [9.17, 15) is 4.79 Å². The fourth-order valence-electron chi connectivity index (χ4n) is 0.628. The lowest BCUT2D eigenvalue weighted by Crippen LogP contribution is -2.08. The second kappa shape index (κ2) is 3.32. The molecule has 1 aliphatic heterocycles. The van der Waals surface area contributed by atoms with Gasteiger partial charge in [0.2, 0.25) is 0 Å². The van der Waals surface area contributed by atoms with E-state index in [1.807, 2.05) is 0 Å². The van der Waals surface area contributed by atoms with Gasteiger partial charge in [-0.15, -0.1) is 11.6 Å². The molecule has 0 radical (unpaired) electrons. The summed E-state index contributed by atoms with van der Waals surface area (Å²) < 4.78 is 9.46. The van der Waals surface area contributed by atoms with E-state index in [1.54, 1.807) is 6.92 Å². The van der Waals surface area contributed by atoms with Gasteiger partial charge in [-0.2, -0.15) is 0 Å². The Balaban J connectivity index is 2.72. The molecular formula is C6H6Cl2O3. The molecule has 3 nitrogen and oxygen atoms in total. The molecule has 0 fully saturated rings. The Labute approximate surface area is 73.9 Å². The van der Waals surface area contributed by atoms with E-state index in [4.69, 9.17) is 27.9 Å². The zero-order chi connectivity index (χ0) is 8.43. The second-order valence-electron chi connectivity index (χ2n) is 1.85. The number of esters is 1. The van der Waals surface area contributed by atoms with E-state index >= 15 is 0 Å². The molecule has 0 aromatic carbocycles. The number of carbonyl (C=O) groups is 1. The van der Waals surface area contributed by atoms with E-state index in [0.717, 1.165) is 0 Å². The molecule has 0 amide bonds. The lowest BCUT2D eigenvalue weighted by Gasteiger charge is -2.00. The molecule has 0 aliphatic carbocycles. The number of cyclic esters (lactones) is 1. The largest absolute Gasteiger partial charge is 0.464 e. The zero-order valence-corrected chi connectivity index (χ0v) is 7.28. The minimum absolute atomic E-state index is 0.0270. The molecule has 1 unspecified atom stereocenters. The molecule has 0 aromatic heterocycles. The first-order valence-corrected chi connectivity index (χ1v) is 3.86. The van der Waals surface area contributed by atoms with Gasteiger partial charge in [0.05, 0.1) is 6.61 Å². The van der Waals surface area contributed by atoms with Crippen LogP contribution in [0.25, 0.3) is 0 Å². The van der Waals surface area contributed by atoms with Crippen LogP contribution >= 0.6 is 23.2 Å². The van der Waals surface area contributed by atoms with Crippen molar-refractivity contribution in [2.45, 2.75) is 12.3 Å². The van der Waals surface area contributed by atoms with E-state index in [-0.39, 0.29) is 11.0 Å². The van der Waals surface area contributed by atoms with Crippen molar-refractivity contribution in [2.24, 2.45) is 0 Å². The molecule has 0 bridgehead atoms. The molecule has 1 rings (SSSR count). The Morgan fingerprint density at radius 3 is 2.73 bits per heavy atom. The van der Waals surface area contributed by atoms with Gasteiger partial charge in [-0.3, -0.25) is 0 Å². The molecule has 0 N–H and O–H groups in total. The number of rotatable bonds is 2. The number of carbonyl (C=O) groups excluding carboxylic acids is 1. The Kier molecular flexibility index (Phi) is 2.62. The van der Waals surface area contributed by atoms with Crippen molar-refractivity contribution in [3.8, 4) is 0 Å². The van der Waals surface area contributed by atoms with Crippen molar-refractivity contribution >= 4 is 29.2 Å². The number of alkyl halides is 1. The standard InChI is InChI=1S/C6H6Cl2O3/c1-2-10-6-4(8)3(7)5(9)11-6/h3H,2H2,1H3. The Hall–Kier alpha value is -0.410. The molecule has 0 saturated carbocycles. The van der Waals surface area contributed by atoms with Crippen molar-refractivity contribution in [3.05, 3.63) is 11.0 Å². The topological polar surface area (TPSA) is 35.5 Å². The van der Waals surface area contributed by atoms with Gasteiger partial charge in [0.15, 0.2) is 5.38 Å². The summed E-state index contributed by atoms with van der Waals surface area (Å²) in [7, 11) is 0. The van der Waals surface area contributed by atoms with Gasteiger partial charge in [-0.25, -0.2) is 4.79 Å². The first kappa shape index (κ1) is 8.68. The minimum atomic E-state index is -0.904. The van der Waals surface area contributed by atoms with Crippen LogP contribution in [0, 0.1) is 0 Å². The lowest BCUT2D eigenvalue weighted by molar-refractivity contribution is -0.140. The number of hydrogen-bond acceptors (Lipinski definition) is 3. The normalized spacial score (nSPS) is 23.9. The van der Waals surface area contributed by atoms with E-state index < -0.39 is 11.3 Å². The van der Waals surface area contributed by atoms with Crippen molar-refractivity contribution < 1.29 is 14.3 Å². The average molecular weight is 197 g/mol. The molecule has 0 spiro atoms. The van der Waals surface area contributed by atoms with E-state index in [1.165, 1.54) is 0 Å². The Morgan fingerprint density at radius 2 is 2.36 bits per heavy atom. The van der Waals surface area contributed by atoms with Crippen molar-refractivity contribution in [1.29, 1.82) is 0 Å². The van der Waals surface area contributed by atoms with Gasteiger partial charge in [0, 0.05) is 0 Å². The van der Waals surface area contributed by atoms with Gasteiger partial charge < -0.3 is 9.47 Å². The summed E-state index contributed by atoms with van der Waals surface area (Å²) in [6.45, 7) is 2.15. The van der Waals surface area contributed by atoms with Crippen LogP contribution in [0.15, 0.2) is 11.0 Å². The Bertz CT molecular complexity index is 212. The fourth-order valence-corrected chi connectivity index (χ4v) is 0.944. The predicted molar refractivity (Wildman–Crippen MR) is 40.2 cm³/mol. The summed E-state index contributed by atoms with van der Waals surface area (Å²) in [6, 6.07) is 0. The highest BCUT2D eigenvalue weighted by Crippen LogP contribution is 2.28. The third-order valence-electron chi connectivity index (χ3n) is 1.09. The van der Waals surface area contributed by atoms with Crippen LogP contribution < -0.4 is 0 Å². The molecule has 5 heteroatoms. The van der Waals surface area contributed by atoms with Crippen LogP contribution in [0.5, 0.6) is 0 Å². The molecule has 1 heterocycles. The summed E-state index contributed by atoms with van der Waals surface area (Å²) in [6.07, 6.45) is 0. The molecule has 0 saturated heterocycles. The summed E-state index contributed by atoms with van der Waals surface area (Å²) >= 11 is 11.1. The van der Waals surface area contributed by atoms with Crippen LogP contribution in [0.3, 0.4) is 0 Å². The monoisotopic (exact) mass is 196 g/mol. The lowest BCUT2D eigenvalue weighted by atomic mass is 10.4. The molecule has 1 atom stereocenters. The zero-order valence-electron chi connectivity index (χ0n) is 5.77. The highest BCUT2D eigenvalue weighted by Gasteiger charge is 2.34. The van der Waals surface area contributed by atoms with Gasteiger partial charge in [0.25, 0.3) is 0 Å². The molecule has 0 aromatic rings. The summed E-state index contributed by atoms with van der Waals surface area (Å²) in [5, 5.41) is -0.781. The quantitative estimate of drug-likeness (QED) is 0.498. The first-order valence-electron chi connectivity index (χ1n) is 3.05. The molecule has 62 valence electrons.